The lowest BCUT2D eigenvalue weighted by Crippen LogP contribution is -2.24. The number of nitrogens with one attached hydrogen (secondary N) is 1. The number of H-pyrrole nitrogens is 1. The number of allylic oxidation sites excluding steroid dienone is 1. The fourth-order valence-corrected chi connectivity index (χ4v) is 3.01. The Hall–Kier alpha value is -3.54. The number of rotatable bonds is 4. The van der Waals surface area contributed by atoms with E-state index in [1.807, 2.05) is 30.5 Å². The molecule has 0 bridgehead atoms. The minimum absolute atomic E-state index is 0.192. The molecule has 0 radical (unpaired) electrons. The van der Waals surface area contributed by atoms with Gasteiger partial charge >= 0.3 is 5.97 Å². The highest BCUT2D eigenvalue weighted by atomic mass is 16.6. The van der Waals surface area contributed by atoms with Gasteiger partial charge in [-0.25, -0.2) is 4.79 Å². The molecular weight excluding hydrogens is 346 g/mol. The molecule has 6 nitrogen and oxygen atoms in total. The molecular formula is C21H17NO5. The number of hydrogen-bond acceptors (Lipinski definition) is 5. The van der Waals surface area contributed by atoms with Gasteiger partial charge in [0.05, 0.1) is 12.7 Å². The maximum atomic E-state index is 12.6. The third kappa shape index (κ3) is 3.06. The van der Waals surface area contributed by atoms with Crippen molar-refractivity contribution >= 4 is 28.7 Å². The summed E-state index contributed by atoms with van der Waals surface area (Å²) in [4.78, 5) is 27.3. The first-order chi connectivity index (χ1) is 13.1. The third-order valence-corrected chi connectivity index (χ3v) is 4.40. The van der Waals surface area contributed by atoms with Gasteiger partial charge in [0.2, 0.25) is 5.78 Å². The van der Waals surface area contributed by atoms with E-state index in [0.29, 0.717) is 17.1 Å². The summed E-state index contributed by atoms with van der Waals surface area (Å²) in [5.41, 5.74) is 2.32. The first-order valence-corrected chi connectivity index (χ1v) is 8.45. The number of Topliss-reactive ketones (excluding diaryl/α,β-unsaturated/α-hetero) is 1. The fourth-order valence-electron chi connectivity index (χ4n) is 3.01. The predicted molar refractivity (Wildman–Crippen MR) is 99.8 cm³/mol. The molecule has 1 aliphatic heterocycles. The van der Waals surface area contributed by atoms with Crippen LogP contribution in [0.4, 0.5) is 0 Å². The summed E-state index contributed by atoms with van der Waals surface area (Å²) in [7, 11) is 1.30. The standard InChI is InChI=1S/C21H17NO5/c1-12(21(24)25-2)26-14-7-8-16-18(10-14)27-19(20(16)23)9-13-11-22-17-6-4-3-5-15(13)17/h3-12,22H,1-2H3/b19-9+/t12-/m1/s1. The number of aromatic amines is 1. The molecule has 1 atom stereocenters. The SMILES string of the molecule is COC(=O)[C@@H](C)Oc1ccc2c(c1)O/C(=C/c1c[nH]c3ccccc13)C2=O. The first-order valence-electron chi connectivity index (χ1n) is 8.45. The molecule has 0 saturated carbocycles. The number of esters is 1. The summed E-state index contributed by atoms with van der Waals surface area (Å²) >= 11 is 0. The molecule has 0 amide bonds. The predicted octanol–water partition coefficient (Wildman–Crippen LogP) is 3.72. The van der Waals surface area contributed by atoms with Gasteiger partial charge in [-0.15, -0.1) is 0 Å². The molecule has 0 fully saturated rings. The molecule has 2 aromatic carbocycles. The lowest BCUT2D eigenvalue weighted by atomic mass is 10.1. The fraction of sp³-hybridized carbons (Fsp3) is 0.143. The van der Waals surface area contributed by atoms with Crippen LogP contribution in [0.3, 0.4) is 0 Å². The molecule has 136 valence electrons. The van der Waals surface area contributed by atoms with E-state index in [-0.39, 0.29) is 11.5 Å². The van der Waals surface area contributed by atoms with Crippen LogP contribution in [-0.4, -0.2) is 30.0 Å². The maximum Gasteiger partial charge on any atom is 0.346 e. The number of ketones is 1. The zero-order valence-corrected chi connectivity index (χ0v) is 14.8. The molecule has 6 heteroatoms. The summed E-state index contributed by atoms with van der Waals surface area (Å²) in [6, 6.07) is 12.7. The number of ether oxygens (including phenoxy) is 3. The molecule has 0 unspecified atom stereocenters. The molecule has 0 saturated heterocycles. The van der Waals surface area contributed by atoms with E-state index < -0.39 is 12.1 Å². The molecule has 0 aliphatic carbocycles. The van der Waals surface area contributed by atoms with E-state index in [1.165, 1.54) is 7.11 Å². The number of aromatic nitrogens is 1. The van der Waals surface area contributed by atoms with Gasteiger partial charge in [-0.05, 0) is 31.2 Å². The number of carbonyl (C=O) groups excluding carboxylic acids is 2. The van der Waals surface area contributed by atoms with Gasteiger partial charge in [0, 0.05) is 28.7 Å². The monoisotopic (exact) mass is 363 g/mol. The highest BCUT2D eigenvalue weighted by Crippen LogP contribution is 2.35. The summed E-state index contributed by atoms with van der Waals surface area (Å²) < 4.78 is 15.9. The average molecular weight is 363 g/mol. The van der Waals surface area contributed by atoms with Gasteiger partial charge < -0.3 is 19.2 Å². The van der Waals surface area contributed by atoms with E-state index in [9.17, 15) is 9.59 Å². The second kappa shape index (κ2) is 6.64. The van der Waals surface area contributed by atoms with Crippen LogP contribution in [0.2, 0.25) is 0 Å². The van der Waals surface area contributed by atoms with Crippen LogP contribution in [0.25, 0.3) is 17.0 Å². The van der Waals surface area contributed by atoms with Gasteiger partial charge in [0.15, 0.2) is 11.9 Å². The van der Waals surface area contributed by atoms with E-state index in [2.05, 4.69) is 9.72 Å². The Morgan fingerprint density at radius 1 is 1.22 bits per heavy atom. The van der Waals surface area contributed by atoms with Crippen molar-refractivity contribution in [1.29, 1.82) is 0 Å². The Morgan fingerprint density at radius 3 is 2.85 bits per heavy atom. The van der Waals surface area contributed by atoms with Crippen molar-refractivity contribution in [3.05, 3.63) is 65.5 Å². The van der Waals surface area contributed by atoms with Gasteiger partial charge in [0.1, 0.15) is 11.5 Å². The van der Waals surface area contributed by atoms with Gasteiger partial charge in [-0.2, -0.15) is 0 Å². The molecule has 3 aromatic rings. The Morgan fingerprint density at radius 2 is 2.04 bits per heavy atom. The number of para-hydroxylation sites is 1. The van der Waals surface area contributed by atoms with Gasteiger partial charge in [0.25, 0.3) is 0 Å². The van der Waals surface area contributed by atoms with Crippen LogP contribution in [0.1, 0.15) is 22.8 Å². The molecule has 1 aliphatic rings. The second-order valence-corrected chi connectivity index (χ2v) is 6.17. The number of carbonyl (C=O) groups is 2. The lowest BCUT2D eigenvalue weighted by Gasteiger charge is -2.12. The van der Waals surface area contributed by atoms with E-state index >= 15 is 0 Å². The molecule has 4 rings (SSSR count). The zero-order valence-electron chi connectivity index (χ0n) is 14.8. The van der Waals surface area contributed by atoms with Crippen LogP contribution in [0, 0.1) is 0 Å². The van der Waals surface area contributed by atoms with E-state index in [1.54, 1.807) is 31.2 Å². The van der Waals surface area contributed by atoms with Gasteiger partial charge in [-0.1, -0.05) is 18.2 Å². The summed E-state index contributed by atoms with van der Waals surface area (Å²) in [5, 5.41) is 1.01. The Bertz CT molecular complexity index is 1080. The second-order valence-electron chi connectivity index (χ2n) is 6.17. The van der Waals surface area contributed by atoms with Crippen molar-refractivity contribution in [2.24, 2.45) is 0 Å². The Kier molecular flexibility index (Phi) is 4.16. The highest BCUT2D eigenvalue weighted by Gasteiger charge is 2.28. The normalized spacial score (nSPS) is 15.5. The van der Waals surface area contributed by atoms with Crippen molar-refractivity contribution < 1.29 is 23.8 Å². The number of benzene rings is 2. The van der Waals surface area contributed by atoms with Crippen LogP contribution < -0.4 is 9.47 Å². The van der Waals surface area contributed by atoms with Crippen molar-refractivity contribution in [1.82, 2.24) is 4.98 Å². The van der Waals surface area contributed by atoms with Crippen molar-refractivity contribution in [3.63, 3.8) is 0 Å². The number of fused-ring (bicyclic) bond motifs is 2. The quantitative estimate of drug-likeness (QED) is 0.565. The summed E-state index contributed by atoms with van der Waals surface area (Å²) in [6.07, 6.45) is 2.80. The number of hydrogen-bond donors (Lipinski definition) is 1. The molecule has 1 aromatic heterocycles. The minimum Gasteiger partial charge on any atom is -0.479 e. The number of methoxy groups -OCH3 is 1. The molecule has 1 N–H and O–H groups in total. The lowest BCUT2D eigenvalue weighted by molar-refractivity contribution is -0.147. The average Bonchev–Trinajstić information content (AvgIpc) is 3.22. The van der Waals surface area contributed by atoms with Crippen molar-refractivity contribution in [2.75, 3.05) is 7.11 Å². The summed E-state index contributed by atoms with van der Waals surface area (Å²) in [6.45, 7) is 1.59. The topological polar surface area (TPSA) is 77.6 Å². The largest absolute Gasteiger partial charge is 0.479 e. The maximum absolute atomic E-state index is 12.6. The van der Waals surface area contributed by atoms with Crippen LogP contribution >= 0.6 is 0 Å². The molecule has 0 spiro atoms. The summed E-state index contributed by atoms with van der Waals surface area (Å²) in [5.74, 6) is 0.400. The van der Waals surface area contributed by atoms with Crippen LogP contribution in [0.5, 0.6) is 11.5 Å². The highest BCUT2D eigenvalue weighted by molar-refractivity contribution is 6.15. The molecule has 2 heterocycles. The van der Waals surface area contributed by atoms with E-state index in [0.717, 1.165) is 16.5 Å². The molecule has 27 heavy (non-hydrogen) atoms. The zero-order chi connectivity index (χ0) is 19.0. The van der Waals surface area contributed by atoms with Crippen molar-refractivity contribution in [3.8, 4) is 11.5 Å². The first kappa shape index (κ1) is 16.9. The minimum atomic E-state index is -0.758. The van der Waals surface area contributed by atoms with Crippen LogP contribution in [0.15, 0.2) is 54.4 Å². The smallest absolute Gasteiger partial charge is 0.346 e. The van der Waals surface area contributed by atoms with Gasteiger partial charge in [-0.3, -0.25) is 4.79 Å². The van der Waals surface area contributed by atoms with Crippen molar-refractivity contribution in [2.45, 2.75) is 13.0 Å². The Balaban J connectivity index is 1.61. The third-order valence-electron chi connectivity index (χ3n) is 4.40. The van der Waals surface area contributed by atoms with E-state index in [4.69, 9.17) is 9.47 Å². The Labute approximate surface area is 155 Å². The van der Waals surface area contributed by atoms with Crippen LogP contribution in [-0.2, 0) is 9.53 Å².